The average molecular weight is 566 g/mol. The Kier molecular flexibility index (Phi) is 7.36. The topological polar surface area (TPSA) is 76.1 Å². The molecule has 1 atom stereocenters. The van der Waals surface area contributed by atoms with E-state index < -0.39 is 35.2 Å². The number of carbonyl (C=O) groups is 2. The highest BCUT2D eigenvalue weighted by Crippen LogP contribution is 2.48. The lowest BCUT2D eigenvalue weighted by Gasteiger charge is -2.26. The molecule has 1 heterocycles. The highest BCUT2D eigenvalue weighted by Gasteiger charge is 2.48. The van der Waals surface area contributed by atoms with Gasteiger partial charge in [0.05, 0.1) is 42.0 Å². The molecule has 1 N–H and O–H groups in total. The fraction of sp³-hybridized carbons (Fsp3) is 0.185. The second-order valence-electron chi connectivity index (χ2n) is 8.42. The van der Waals surface area contributed by atoms with Gasteiger partial charge in [-0.05, 0) is 36.8 Å². The van der Waals surface area contributed by atoms with E-state index in [9.17, 15) is 27.9 Å². The molecule has 4 rings (SSSR count). The summed E-state index contributed by atoms with van der Waals surface area (Å²) in [4.78, 5) is 27.6. The Bertz CT molecular complexity index is 1490. The summed E-state index contributed by atoms with van der Waals surface area (Å²) in [6.45, 7) is 1.77. The molecule has 11 heteroatoms. The van der Waals surface area contributed by atoms with Crippen LogP contribution in [0.3, 0.4) is 0 Å². The summed E-state index contributed by atoms with van der Waals surface area (Å²) in [5.41, 5.74) is -0.532. The van der Waals surface area contributed by atoms with Crippen LogP contribution in [0.15, 0.2) is 60.2 Å². The third-order valence-corrected chi connectivity index (χ3v) is 6.67. The third kappa shape index (κ3) is 4.68. The van der Waals surface area contributed by atoms with Gasteiger partial charge in [0.2, 0.25) is 0 Å². The number of nitrogens with zero attached hydrogens (tertiary/aromatic N) is 1. The van der Waals surface area contributed by atoms with Gasteiger partial charge < -0.3 is 14.6 Å². The van der Waals surface area contributed by atoms with Crippen molar-refractivity contribution in [2.24, 2.45) is 0 Å². The van der Waals surface area contributed by atoms with E-state index in [0.29, 0.717) is 5.56 Å². The second-order valence-corrected chi connectivity index (χ2v) is 9.20. The van der Waals surface area contributed by atoms with E-state index >= 15 is 0 Å². The van der Waals surface area contributed by atoms with Crippen LogP contribution in [0.1, 0.15) is 28.3 Å². The van der Waals surface area contributed by atoms with Crippen LogP contribution >= 0.6 is 23.2 Å². The minimum absolute atomic E-state index is 0.0148. The number of hydrogen-bond acceptors (Lipinski definition) is 5. The van der Waals surface area contributed by atoms with Gasteiger partial charge in [-0.1, -0.05) is 59.1 Å². The van der Waals surface area contributed by atoms with Crippen LogP contribution in [0, 0.1) is 6.92 Å². The number of aliphatic hydroxyl groups is 1. The van der Waals surface area contributed by atoms with Crippen molar-refractivity contribution in [2.75, 3.05) is 19.1 Å². The Morgan fingerprint density at radius 1 is 0.974 bits per heavy atom. The summed E-state index contributed by atoms with van der Waals surface area (Å²) in [6.07, 6.45) is -4.69. The van der Waals surface area contributed by atoms with Crippen molar-refractivity contribution in [1.82, 2.24) is 0 Å². The number of aryl methyl sites for hydroxylation is 1. The number of hydrogen-bond donors (Lipinski definition) is 1. The highest BCUT2D eigenvalue weighted by atomic mass is 35.5. The first-order chi connectivity index (χ1) is 17.9. The Hall–Kier alpha value is -3.69. The molecule has 198 valence electrons. The van der Waals surface area contributed by atoms with Crippen molar-refractivity contribution in [1.29, 1.82) is 0 Å². The van der Waals surface area contributed by atoms with E-state index in [2.05, 4.69) is 0 Å². The van der Waals surface area contributed by atoms with Crippen molar-refractivity contribution in [3.05, 3.63) is 92.5 Å². The van der Waals surface area contributed by atoms with Gasteiger partial charge in [0.15, 0.2) is 11.5 Å². The van der Waals surface area contributed by atoms with Crippen molar-refractivity contribution in [3.63, 3.8) is 0 Å². The predicted molar refractivity (Wildman–Crippen MR) is 137 cm³/mol. The predicted octanol–water partition coefficient (Wildman–Crippen LogP) is 6.96. The van der Waals surface area contributed by atoms with Crippen molar-refractivity contribution >= 4 is 46.3 Å². The molecular formula is C27H20Cl2F3NO5. The summed E-state index contributed by atoms with van der Waals surface area (Å²) >= 11 is 12.6. The first-order valence-corrected chi connectivity index (χ1v) is 11.8. The monoisotopic (exact) mass is 565 g/mol. The first-order valence-electron chi connectivity index (χ1n) is 11.1. The lowest BCUT2D eigenvalue weighted by Crippen LogP contribution is -2.29. The molecule has 0 bridgehead atoms. The normalized spacial score (nSPS) is 17.2. The Balaban J connectivity index is 2.03. The third-order valence-electron chi connectivity index (χ3n) is 6.05. The maximum atomic E-state index is 13.5. The summed E-state index contributed by atoms with van der Waals surface area (Å²) < 4.78 is 51.0. The number of halogens is 5. The van der Waals surface area contributed by atoms with E-state index in [1.807, 2.05) is 0 Å². The fourth-order valence-corrected chi connectivity index (χ4v) is 5.07. The zero-order valence-corrected chi connectivity index (χ0v) is 21.7. The molecular weight excluding hydrogens is 546 g/mol. The molecule has 0 spiro atoms. The fourth-order valence-electron chi connectivity index (χ4n) is 4.38. The van der Waals surface area contributed by atoms with Gasteiger partial charge in [0.1, 0.15) is 10.8 Å². The van der Waals surface area contributed by atoms with Crippen molar-refractivity contribution in [2.45, 2.75) is 19.1 Å². The molecule has 1 aliphatic heterocycles. The first kappa shape index (κ1) is 27.3. The Morgan fingerprint density at radius 3 is 2.24 bits per heavy atom. The van der Waals surface area contributed by atoms with Crippen LogP contribution in [-0.4, -0.2) is 31.0 Å². The van der Waals surface area contributed by atoms with Crippen LogP contribution in [0.4, 0.5) is 18.9 Å². The molecule has 3 aromatic rings. The zero-order chi connectivity index (χ0) is 27.9. The summed E-state index contributed by atoms with van der Waals surface area (Å²) in [5.74, 6) is -2.94. The molecule has 38 heavy (non-hydrogen) atoms. The standard InChI is InChI=1S/C27H20Cl2F3NO5/c1-13-6-4-7-14(10-13)21-19(22(34)17-12-18(28)25(38-3)20(29)24(17)37-2)23(35)26(36)33(21)16-9-5-8-15(11-16)27(30,31)32/h4-12,21,34H,1-3H3/b22-19+. The van der Waals surface area contributed by atoms with Gasteiger partial charge in [-0.2, -0.15) is 13.2 Å². The SMILES string of the molecule is COc1c(Cl)cc(/C(O)=C2\C(=O)C(=O)N(c3cccc(C(F)(F)F)c3)C2c2cccc(C)c2)c(OC)c1Cl. The molecule has 0 aromatic heterocycles. The van der Waals surface area contributed by atoms with Crippen LogP contribution in [0.2, 0.25) is 10.0 Å². The molecule has 1 amide bonds. The zero-order valence-electron chi connectivity index (χ0n) is 20.2. The van der Waals surface area contributed by atoms with Gasteiger partial charge >= 0.3 is 6.18 Å². The largest absolute Gasteiger partial charge is 0.507 e. The Morgan fingerprint density at radius 2 is 1.63 bits per heavy atom. The van der Waals surface area contributed by atoms with Crippen molar-refractivity contribution < 1.29 is 37.3 Å². The second kappa shape index (κ2) is 10.2. The molecule has 0 aliphatic carbocycles. The molecule has 1 saturated heterocycles. The number of benzene rings is 3. The number of ether oxygens (including phenoxy) is 2. The van der Waals surface area contributed by atoms with Crippen LogP contribution < -0.4 is 14.4 Å². The van der Waals surface area contributed by atoms with Crippen LogP contribution in [0.25, 0.3) is 5.76 Å². The number of alkyl halides is 3. The number of rotatable bonds is 5. The lowest BCUT2D eigenvalue weighted by atomic mass is 9.94. The number of methoxy groups -OCH3 is 2. The number of anilines is 1. The molecule has 1 aliphatic rings. The van der Waals surface area contributed by atoms with E-state index in [4.69, 9.17) is 32.7 Å². The van der Waals surface area contributed by atoms with Gasteiger partial charge in [0, 0.05) is 5.69 Å². The van der Waals surface area contributed by atoms with Gasteiger partial charge in [-0.25, -0.2) is 0 Å². The number of aliphatic hydroxyl groups excluding tert-OH is 1. The van der Waals surface area contributed by atoms with Gasteiger partial charge in [-0.15, -0.1) is 0 Å². The molecule has 1 unspecified atom stereocenters. The number of ketones is 1. The quantitative estimate of drug-likeness (QED) is 0.205. The van der Waals surface area contributed by atoms with Gasteiger partial charge in [0.25, 0.3) is 11.7 Å². The maximum absolute atomic E-state index is 13.5. The summed E-state index contributed by atoms with van der Waals surface area (Å²) in [7, 11) is 2.59. The van der Waals surface area contributed by atoms with Crippen molar-refractivity contribution in [3.8, 4) is 11.5 Å². The maximum Gasteiger partial charge on any atom is 0.416 e. The molecule has 3 aromatic carbocycles. The molecule has 0 saturated carbocycles. The number of amides is 1. The lowest BCUT2D eigenvalue weighted by molar-refractivity contribution is -0.137. The highest BCUT2D eigenvalue weighted by molar-refractivity contribution is 6.52. The van der Waals surface area contributed by atoms with Crippen LogP contribution in [0.5, 0.6) is 11.5 Å². The smallest absolute Gasteiger partial charge is 0.416 e. The molecule has 6 nitrogen and oxygen atoms in total. The molecule has 0 radical (unpaired) electrons. The minimum Gasteiger partial charge on any atom is -0.507 e. The van der Waals surface area contributed by atoms with E-state index in [-0.39, 0.29) is 38.4 Å². The van der Waals surface area contributed by atoms with Gasteiger partial charge in [-0.3, -0.25) is 14.5 Å². The number of carbonyl (C=O) groups excluding carboxylic acids is 2. The van der Waals surface area contributed by atoms with E-state index in [1.54, 1.807) is 31.2 Å². The Labute approximate surface area is 225 Å². The summed E-state index contributed by atoms with van der Waals surface area (Å²) in [6, 6.07) is 10.7. The van der Waals surface area contributed by atoms with E-state index in [1.165, 1.54) is 26.4 Å². The van der Waals surface area contributed by atoms with E-state index in [0.717, 1.165) is 28.7 Å². The minimum atomic E-state index is -4.69. The average Bonchev–Trinajstić information content (AvgIpc) is 3.13. The molecule has 1 fully saturated rings. The summed E-state index contributed by atoms with van der Waals surface area (Å²) in [5, 5.41) is 11.3. The number of Topliss-reactive ketones (excluding diaryl/α,β-unsaturated/α-hetero) is 1. The van der Waals surface area contributed by atoms with Crippen LogP contribution in [-0.2, 0) is 15.8 Å².